The van der Waals surface area contributed by atoms with Crippen LogP contribution in [0.15, 0.2) is 103 Å². The van der Waals surface area contributed by atoms with Gasteiger partial charge in [0.25, 0.3) is 0 Å². The second kappa shape index (κ2) is 15.8. The van der Waals surface area contributed by atoms with Crippen LogP contribution in [0.5, 0.6) is 0 Å². The van der Waals surface area contributed by atoms with Crippen molar-refractivity contribution in [3.63, 3.8) is 0 Å². The lowest BCUT2D eigenvalue weighted by Crippen LogP contribution is -2.29. The molecule has 0 saturated heterocycles. The van der Waals surface area contributed by atoms with Gasteiger partial charge in [0, 0.05) is 11.0 Å². The second-order valence-electron chi connectivity index (χ2n) is 16.0. The Balaban J connectivity index is 1.44. The maximum Gasteiger partial charge on any atom is 0.150 e. The number of carbonyl (C=O) groups is 1. The van der Waals surface area contributed by atoms with Crippen LogP contribution in [0.2, 0.25) is 0 Å². The van der Waals surface area contributed by atoms with Gasteiger partial charge in [0.2, 0.25) is 0 Å². The van der Waals surface area contributed by atoms with Gasteiger partial charge >= 0.3 is 0 Å². The minimum Gasteiger partial charge on any atom is -0.298 e. The Bertz CT molecular complexity index is 1980. The summed E-state index contributed by atoms with van der Waals surface area (Å²) in [5.74, 6) is 0. The van der Waals surface area contributed by atoms with Crippen molar-refractivity contribution in [2.75, 3.05) is 0 Å². The number of benzene rings is 5. The zero-order valence-electron chi connectivity index (χ0n) is 32.2. The third-order valence-corrected chi connectivity index (χ3v) is 12.6. The number of unbranched alkanes of at least 4 members (excludes halogenated alkanes) is 10. The van der Waals surface area contributed by atoms with Gasteiger partial charge in [-0.05, 0) is 94.5 Å². The molecule has 2 aliphatic rings. The lowest BCUT2D eigenvalue weighted by molar-refractivity contribution is 0.112. The van der Waals surface area contributed by atoms with Crippen LogP contribution in [0, 0.1) is 13.8 Å². The minimum atomic E-state index is -0.495. The van der Waals surface area contributed by atoms with Gasteiger partial charge in [0.15, 0.2) is 0 Å². The van der Waals surface area contributed by atoms with Crippen molar-refractivity contribution in [2.45, 2.75) is 128 Å². The standard InChI is InChI=1S/C51H58O/c1-5-7-9-11-13-17-31-50(32-18-14-12-10-8-6-2)47-33-38(4)23-30-43(47)44-35-49-45(34-48(44)50)42-19-15-16-20-46(42)51(49,40-26-21-37(3)22-27-40)41-28-24-39(36-52)25-29-41/h15-16,19-30,33-36H,5-14,17-18,31-32H2,1-4H3. The highest BCUT2D eigenvalue weighted by molar-refractivity contribution is 5.92. The summed E-state index contributed by atoms with van der Waals surface area (Å²) >= 11 is 0. The summed E-state index contributed by atoms with van der Waals surface area (Å²) in [6.07, 6.45) is 19.2. The van der Waals surface area contributed by atoms with Crippen molar-refractivity contribution < 1.29 is 4.79 Å². The van der Waals surface area contributed by atoms with Crippen LogP contribution in [-0.4, -0.2) is 6.29 Å². The summed E-state index contributed by atoms with van der Waals surface area (Å²) in [6, 6.07) is 39.3. The summed E-state index contributed by atoms with van der Waals surface area (Å²) in [7, 11) is 0. The monoisotopic (exact) mass is 686 g/mol. The van der Waals surface area contributed by atoms with Gasteiger partial charge in [-0.2, -0.15) is 0 Å². The van der Waals surface area contributed by atoms with E-state index in [1.165, 1.54) is 146 Å². The fourth-order valence-electron chi connectivity index (χ4n) is 9.86. The van der Waals surface area contributed by atoms with Crippen LogP contribution >= 0.6 is 0 Å². The molecule has 0 spiro atoms. The van der Waals surface area contributed by atoms with Crippen molar-refractivity contribution in [1.29, 1.82) is 0 Å². The minimum absolute atomic E-state index is 0.0247. The summed E-state index contributed by atoms with van der Waals surface area (Å²) in [5, 5.41) is 0. The molecule has 1 heteroatoms. The molecular weight excluding hydrogens is 629 g/mol. The Morgan fingerprint density at radius 3 is 1.60 bits per heavy atom. The lowest BCUT2D eigenvalue weighted by Gasteiger charge is -2.35. The third-order valence-electron chi connectivity index (χ3n) is 12.6. The molecule has 52 heavy (non-hydrogen) atoms. The molecular formula is C51H58O. The first-order valence-corrected chi connectivity index (χ1v) is 20.5. The molecule has 1 unspecified atom stereocenters. The van der Waals surface area contributed by atoms with Gasteiger partial charge in [-0.25, -0.2) is 0 Å². The van der Waals surface area contributed by atoms with Crippen LogP contribution in [0.25, 0.3) is 22.3 Å². The van der Waals surface area contributed by atoms with E-state index in [4.69, 9.17) is 0 Å². The number of aldehydes is 1. The van der Waals surface area contributed by atoms with E-state index in [2.05, 4.69) is 119 Å². The molecule has 0 radical (unpaired) electrons. The van der Waals surface area contributed by atoms with Crippen molar-refractivity contribution in [3.8, 4) is 22.3 Å². The predicted octanol–water partition coefficient (Wildman–Crippen LogP) is 14.2. The smallest absolute Gasteiger partial charge is 0.150 e. The van der Waals surface area contributed by atoms with Gasteiger partial charge in [-0.1, -0.05) is 193 Å². The first kappa shape index (κ1) is 36.1. The average molecular weight is 687 g/mol. The van der Waals surface area contributed by atoms with Crippen LogP contribution in [0.4, 0.5) is 0 Å². The second-order valence-corrected chi connectivity index (χ2v) is 16.0. The molecule has 0 aromatic heterocycles. The molecule has 5 aromatic carbocycles. The van der Waals surface area contributed by atoms with Crippen molar-refractivity contribution in [3.05, 3.63) is 153 Å². The molecule has 0 heterocycles. The van der Waals surface area contributed by atoms with Gasteiger partial charge in [-0.3, -0.25) is 4.79 Å². The normalized spacial score (nSPS) is 16.3. The van der Waals surface area contributed by atoms with Crippen LogP contribution < -0.4 is 0 Å². The van der Waals surface area contributed by atoms with E-state index in [0.717, 1.165) is 6.29 Å². The Hall–Kier alpha value is -4.23. The van der Waals surface area contributed by atoms with E-state index in [1.807, 2.05) is 12.1 Å². The van der Waals surface area contributed by atoms with Crippen LogP contribution in [-0.2, 0) is 10.8 Å². The molecule has 0 amide bonds. The molecule has 2 aliphatic carbocycles. The number of fused-ring (bicyclic) bond motifs is 6. The quantitative estimate of drug-likeness (QED) is 0.0689. The highest BCUT2D eigenvalue weighted by Gasteiger charge is 2.49. The Morgan fingerprint density at radius 2 is 0.962 bits per heavy atom. The number of hydrogen-bond acceptors (Lipinski definition) is 1. The number of hydrogen-bond donors (Lipinski definition) is 0. The van der Waals surface area contributed by atoms with E-state index in [1.54, 1.807) is 11.1 Å². The molecule has 1 nitrogen and oxygen atoms in total. The molecule has 1 atom stereocenters. The lowest BCUT2D eigenvalue weighted by atomic mass is 9.66. The molecule has 0 N–H and O–H groups in total. The zero-order chi connectivity index (χ0) is 36.1. The summed E-state index contributed by atoms with van der Waals surface area (Å²) in [5.41, 5.74) is 16.7. The highest BCUT2D eigenvalue weighted by atomic mass is 16.1. The van der Waals surface area contributed by atoms with E-state index in [-0.39, 0.29) is 5.41 Å². The number of rotatable bonds is 17. The van der Waals surface area contributed by atoms with Gasteiger partial charge in [0.05, 0.1) is 5.41 Å². The third kappa shape index (κ3) is 6.40. The fraction of sp³-hybridized carbons (Fsp3) is 0.392. The van der Waals surface area contributed by atoms with Gasteiger partial charge in [-0.15, -0.1) is 0 Å². The van der Waals surface area contributed by atoms with Crippen molar-refractivity contribution >= 4 is 6.29 Å². The molecule has 0 saturated carbocycles. The average Bonchev–Trinajstić information content (AvgIpc) is 3.60. The first-order chi connectivity index (χ1) is 25.5. The maximum atomic E-state index is 11.8. The molecule has 268 valence electrons. The Labute approximate surface area is 313 Å². The topological polar surface area (TPSA) is 17.1 Å². The summed E-state index contributed by atoms with van der Waals surface area (Å²) in [6.45, 7) is 9.08. The molecule has 5 aromatic rings. The SMILES string of the molecule is CCCCCCCCC1(CCCCCCCC)c2cc(C)ccc2-c2cc3c(cc21)-c1ccccc1C3(c1ccc(C)cc1)c1ccc(C=O)cc1. The van der Waals surface area contributed by atoms with E-state index in [0.29, 0.717) is 5.56 Å². The number of aryl methyl sites for hydroxylation is 2. The maximum absolute atomic E-state index is 11.8. The van der Waals surface area contributed by atoms with Crippen LogP contribution in [0.1, 0.15) is 159 Å². The van der Waals surface area contributed by atoms with E-state index >= 15 is 0 Å². The Morgan fingerprint density at radius 1 is 0.462 bits per heavy atom. The first-order valence-electron chi connectivity index (χ1n) is 20.5. The molecule has 0 aliphatic heterocycles. The zero-order valence-corrected chi connectivity index (χ0v) is 32.2. The van der Waals surface area contributed by atoms with E-state index < -0.39 is 5.41 Å². The summed E-state index contributed by atoms with van der Waals surface area (Å²) < 4.78 is 0. The van der Waals surface area contributed by atoms with Crippen LogP contribution in [0.3, 0.4) is 0 Å². The molecule has 7 rings (SSSR count). The summed E-state index contributed by atoms with van der Waals surface area (Å²) in [4.78, 5) is 11.8. The van der Waals surface area contributed by atoms with Gasteiger partial charge < -0.3 is 0 Å². The molecule has 0 fully saturated rings. The number of carbonyl (C=O) groups excluding carboxylic acids is 1. The predicted molar refractivity (Wildman–Crippen MR) is 221 cm³/mol. The van der Waals surface area contributed by atoms with E-state index in [9.17, 15) is 4.79 Å². The highest BCUT2D eigenvalue weighted by Crippen LogP contribution is 2.61. The Kier molecular flexibility index (Phi) is 11.0. The fourth-order valence-corrected chi connectivity index (χ4v) is 9.86. The molecule has 0 bridgehead atoms. The van der Waals surface area contributed by atoms with Gasteiger partial charge in [0.1, 0.15) is 6.29 Å². The van der Waals surface area contributed by atoms with Crippen molar-refractivity contribution in [2.24, 2.45) is 0 Å². The largest absolute Gasteiger partial charge is 0.298 e. The van der Waals surface area contributed by atoms with Crippen molar-refractivity contribution in [1.82, 2.24) is 0 Å².